The molecular weight excluding hydrogens is 739 g/mol. The normalized spacial score (nSPS) is 14.8. The number of hydrogen-bond acceptors (Lipinski definition) is 2. The molecule has 0 saturated heterocycles. The molecule has 0 saturated carbocycles. The van der Waals surface area contributed by atoms with Crippen LogP contribution in [0.4, 0.5) is 17.1 Å². The van der Waals surface area contributed by atoms with E-state index < -0.39 is 0 Å². The number of anilines is 3. The molecule has 2 nitrogen and oxygen atoms in total. The van der Waals surface area contributed by atoms with Crippen molar-refractivity contribution in [3.05, 3.63) is 197 Å². The van der Waals surface area contributed by atoms with Crippen LogP contribution in [-0.4, -0.2) is 0 Å². The van der Waals surface area contributed by atoms with Crippen molar-refractivity contribution in [3.8, 4) is 56.0 Å². The van der Waals surface area contributed by atoms with Crippen molar-refractivity contribution in [1.82, 2.24) is 0 Å². The van der Waals surface area contributed by atoms with Crippen LogP contribution in [0.3, 0.4) is 0 Å². The van der Waals surface area contributed by atoms with Gasteiger partial charge in [-0.25, -0.2) is 0 Å². The van der Waals surface area contributed by atoms with Crippen molar-refractivity contribution in [3.63, 3.8) is 0 Å². The summed E-state index contributed by atoms with van der Waals surface area (Å²) in [7, 11) is 0. The van der Waals surface area contributed by atoms with Crippen molar-refractivity contribution in [2.45, 2.75) is 59.3 Å². The van der Waals surface area contributed by atoms with E-state index in [9.17, 15) is 0 Å². The number of fused-ring (bicyclic) bond motifs is 12. The summed E-state index contributed by atoms with van der Waals surface area (Å²) < 4.78 is 7.08. The molecule has 0 unspecified atom stereocenters. The molecule has 1 heterocycles. The molecule has 1 aliphatic heterocycles. The minimum atomic E-state index is -0.120. The van der Waals surface area contributed by atoms with E-state index in [1.54, 1.807) is 0 Å². The molecule has 2 aliphatic carbocycles. The van der Waals surface area contributed by atoms with Crippen molar-refractivity contribution in [1.29, 1.82) is 0 Å². The zero-order valence-corrected chi connectivity index (χ0v) is 35.9. The zero-order valence-electron chi connectivity index (χ0n) is 35.9. The highest BCUT2D eigenvalue weighted by molar-refractivity contribution is 6.04. The molecular formula is C59H47NO. The molecule has 0 spiro atoms. The molecule has 0 amide bonds. The van der Waals surface area contributed by atoms with Gasteiger partial charge in [0.25, 0.3) is 0 Å². The minimum Gasteiger partial charge on any atom is -0.453 e. The summed E-state index contributed by atoms with van der Waals surface area (Å²) in [6, 6.07) is 59.1. The maximum absolute atomic E-state index is 7.08. The predicted octanol–water partition coefficient (Wildman–Crippen LogP) is 16.4. The summed E-state index contributed by atoms with van der Waals surface area (Å²) in [5.74, 6) is 1.71. The highest BCUT2D eigenvalue weighted by Gasteiger charge is 2.38. The van der Waals surface area contributed by atoms with Crippen LogP contribution in [0.1, 0.15) is 66.6 Å². The van der Waals surface area contributed by atoms with E-state index in [2.05, 4.69) is 211 Å². The third-order valence-corrected chi connectivity index (χ3v) is 14.3. The molecule has 3 aliphatic rings. The van der Waals surface area contributed by atoms with Crippen LogP contribution in [0, 0.1) is 20.8 Å². The molecule has 9 aromatic rings. The van der Waals surface area contributed by atoms with E-state index in [4.69, 9.17) is 4.74 Å². The maximum Gasteiger partial charge on any atom is 0.152 e. The molecule has 294 valence electrons. The second-order valence-corrected chi connectivity index (χ2v) is 18.7. The Kier molecular flexibility index (Phi) is 7.41. The third kappa shape index (κ3) is 5.09. The molecule has 0 aromatic heterocycles. The monoisotopic (exact) mass is 785 g/mol. The van der Waals surface area contributed by atoms with Crippen LogP contribution in [-0.2, 0) is 10.8 Å². The van der Waals surface area contributed by atoms with Crippen molar-refractivity contribution < 1.29 is 4.74 Å². The van der Waals surface area contributed by atoms with Gasteiger partial charge in [0.05, 0.1) is 17.1 Å². The molecule has 61 heavy (non-hydrogen) atoms. The summed E-state index contributed by atoms with van der Waals surface area (Å²) in [4.78, 5) is 2.42. The summed E-state index contributed by atoms with van der Waals surface area (Å²) in [5, 5.41) is 5.21. The van der Waals surface area contributed by atoms with Gasteiger partial charge in [-0.3, -0.25) is 0 Å². The van der Waals surface area contributed by atoms with E-state index in [0.717, 1.165) is 34.0 Å². The molecule has 0 radical (unpaired) electrons. The van der Waals surface area contributed by atoms with Crippen LogP contribution in [0.15, 0.2) is 158 Å². The highest BCUT2D eigenvalue weighted by Crippen LogP contribution is 2.57. The number of hydrogen-bond donors (Lipinski definition) is 0. The lowest BCUT2D eigenvalue weighted by atomic mass is 9.81. The van der Waals surface area contributed by atoms with Crippen molar-refractivity contribution in [2.75, 3.05) is 4.90 Å². The molecule has 0 bridgehead atoms. The molecule has 0 N–H and O–H groups in total. The Morgan fingerprint density at radius 1 is 0.410 bits per heavy atom. The Hall–Kier alpha value is -6.90. The first kappa shape index (κ1) is 36.0. The van der Waals surface area contributed by atoms with Crippen LogP contribution < -0.4 is 9.64 Å². The Morgan fingerprint density at radius 2 is 0.836 bits per heavy atom. The number of ether oxygens (including phenoxy) is 1. The second kappa shape index (κ2) is 12.6. The number of benzene rings is 9. The van der Waals surface area contributed by atoms with Crippen LogP contribution >= 0.6 is 0 Å². The van der Waals surface area contributed by atoms with Gasteiger partial charge in [-0.15, -0.1) is 0 Å². The van der Waals surface area contributed by atoms with E-state index >= 15 is 0 Å². The smallest absolute Gasteiger partial charge is 0.152 e. The number of nitrogens with zero attached hydrogens (tertiary/aromatic N) is 1. The van der Waals surface area contributed by atoms with E-state index in [1.807, 2.05) is 0 Å². The first-order valence-corrected chi connectivity index (χ1v) is 21.7. The predicted molar refractivity (Wildman–Crippen MR) is 256 cm³/mol. The fourth-order valence-electron chi connectivity index (χ4n) is 11.3. The van der Waals surface area contributed by atoms with Crippen molar-refractivity contribution >= 4 is 38.6 Å². The van der Waals surface area contributed by atoms with E-state index in [-0.39, 0.29) is 10.8 Å². The largest absolute Gasteiger partial charge is 0.453 e. The average molecular weight is 786 g/mol. The zero-order chi connectivity index (χ0) is 41.5. The Morgan fingerprint density at radius 3 is 1.31 bits per heavy atom. The van der Waals surface area contributed by atoms with Gasteiger partial charge in [0.1, 0.15) is 0 Å². The topological polar surface area (TPSA) is 12.5 Å². The van der Waals surface area contributed by atoms with Gasteiger partial charge < -0.3 is 9.64 Å². The second-order valence-electron chi connectivity index (χ2n) is 18.7. The highest BCUT2D eigenvalue weighted by atomic mass is 16.5. The fourth-order valence-corrected chi connectivity index (χ4v) is 11.3. The standard InChI is InChI=1S/C59H47NO/c1-34-28-35(2)57(36(3)29-34)60-51-26-20-41(39-16-22-45-49(30-39)58(4,5)47-24-18-37-12-8-10-14-43(37)55(45)47)32-53(51)61-54-33-42(21-27-52(54)60)40-17-23-46-50(31-40)59(6,7)48-25-19-38-13-9-11-15-44(38)56(46)48/h8-33H,1-7H3. The van der Waals surface area contributed by atoms with Gasteiger partial charge in [0.15, 0.2) is 11.5 Å². The molecule has 2 heteroatoms. The number of rotatable bonds is 3. The lowest BCUT2D eigenvalue weighted by molar-refractivity contribution is 0.477. The first-order chi connectivity index (χ1) is 29.5. The molecule has 12 rings (SSSR count). The summed E-state index contributed by atoms with van der Waals surface area (Å²) in [6.07, 6.45) is 0. The Bertz CT molecular complexity index is 3160. The lowest BCUT2D eigenvalue weighted by Gasteiger charge is -2.35. The fraction of sp³-hybridized carbons (Fsp3) is 0.153. The SMILES string of the molecule is Cc1cc(C)c(N2c3ccc(-c4ccc5c(c4)C(C)(C)c4ccc6ccccc6c4-5)cc3Oc3cc(-c4ccc5c(c4)C(C)(C)c4ccc6ccccc6c4-5)ccc32)c(C)c1. The van der Waals surface area contributed by atoms with Crippen LogP contribution in [0.2, 0.25) is 0 Å². The quantitative estimate of drug-likeness (QED) is 0.177. The van der Waals surface area contributed by atoms with Crippen molar-refractivity contribution in [2.24, 2.45) is 0 Å². The summed E-state index contributed by atoms with van der Waals surface area (Å²) in [6.45, 7) is 16.1. The Labute approximate surface area is 358 Å². The Balaban J connectivity index is 0.978. The lowest BCUT2D eigenvalue weighted by Crippen LogP contribution is -2.18. The molecule has 0 atom stereocenters. The van der Waals surface area contributed by atoms with Gasteiger partial charge in [-0.2, -0.15) is 0 Å². The first-order valence-electron chi connectivity index (χ1n) is 21.7. The number of aryl methyl sites for hydroxylation is 3. The van der Waals surface area contributed by atoms with Gasteiger partial charge in [0, 0.05) is 10.8 Å². The minimum absolute atomic E-state index is 0.120. The molecule has 0 fully saturated rings. The van der Waals surface area contributed by atoms with Gasteiger partial charge >= 0.3 is 0 Å². The maximum atomic E-state index is 7.08. The summed E-state index contributed by atoms with van der Waals surface area (Å²) >= 11 is 0. The van der Waals surface area contributed by atoms with E-state index in [1.165, 1.54) is 99.6 Å². The van der Waals surface area contributed by atoms with Gasteiger partial charge in [-0.1, -0.05) is 155 Å². The third-order valence-electron chi connectivity index (χ3n) is 14.3. The van der Waals surface area contributed by atoms with Crippen LogP contribution in [0.25, 0.3) is 66.1 Å². The van der Waals surface area contributed by atoms with Crippen LogP contribution in [0.5, 0.6) is 11.5 Å². The van der Waals surface area contributed by atoms with Gasteiger partial charge in [0.2, 0.25) is 0 Å². The average Bonchev–Trinajstić information content (AvgIpc) is 3.64. The van der Waals surface area contributed by atoms with E-state index in [0.29, 0.717) is 0 Å². The van der Waals surface area contributed by atoms with Gasteiger partial charge in [-0.05, 0) is 157 Å². The summed E-state index contributed by atoms with van der Waals surface area (Å²) in [5.41, 5.74) is 22.4. The molecule has 9 aromatic carbocycles.